The van der Waals surface area contributed by atoms with E-state index in [4.69, 9.17) is 5.73 Å². The van der Waals surface area contributed by atoms with Crippen LogP contribution in [0.25, 0.3) is 0 Å². The fraction of sp³-hybridized carbons (Fsp3) is 0.667. The lowest BCUT2D eigenvalue weighted by Gasteiger charge is -2.29. The first-order valence-electron chi connectivity index (χ1n) is 8.40. The van der Waals surface area contributed by atoms with Crippen LogP contribution in [-0.4, -0.2) is 61.5 Å². The lowest BCUT2D eigenvalue weighted by atomic mass is 10.00. The maximum atomic E-state index is 12.9. The Morgan fingerprint density at radius 1 is 1.56 bits per heavy atom. The molecule has 2 atom stereocenters. The summed E-state index contributed by atoms with van der Waals surface area (Å²) < 4.78 is 0. The monoisotopic (exact) mass is 352 g/mol. The third kappa shape index (κ3) is 4.53. The van der Waals surface area contributed by atoms with Crippen LogP contribution >= 0.6 is 0 Å². The van der Waals surface area contributed by atoms with Crippen LogP contribution in [0.3, 0.4) is 0 Å². The van der Waals surface area contributed by atoms with Crippen LogP contribution in [0.1, 0.15) is 55.7 Å². The van der Waals surface area contributed by atoms with Gasteiger partial charge >= 0.3 is 0 Å². The van der Waals surface area contributed by atoms with Crippen LogP contribution in [0.4, 0.5) is 0 Å². The van der Waals surface area contributed by atoms with Crippen LogP contribution in [0, 0.1) is 5.92 Å². The molecule has 1 fully saturated rings. The van der Waals surface area contributed by atoms with Gasteiger partial charge in [0, 0.05) is 6.54 Å². The van der Waals surface area contributed by atoms with Crippen LogP contribution in [0.15, 0.2) is 6.20 Å². The third-order valence-electron chi connectivity index (χ3n) is 4.32. The molecule has 2 heterocycles. The number of hydroxylamine groups is 2. The number of nitrogens with zero attached hydrogens (tertiary/aromatic N) is 5. The molecule has 0 unspecified atom stereocenters. The predicted octanol–water partition coefficient (Wildman–Crippen LogP) is 0.152. The molecule has 138 valence electrons. The lowest BCUT2D eigenvalue weighted by Crippen LogP contribution is -2.42. The van der Waals surface area contributed by atoms with Crippen LogP contribution in [0.5, 0.6) is 0 Å². The van der Waals surface area contributed by atoms with Crippen molar-refractivity contribution in [2.45, 2.75) is 45.2 Å². The molecule has 0 aromatic carbocycles. The highest BCUT2D eigenvalue weighted by Gasteiger charge is 2.35. The molecule has 0 spiro atoms. The van der Waals surface area contributed by atoms with Gasteiger partial charge in [0.1, 0.15) is 6.17 Å². The first-order valence-corrected chi connectivity index (χ1v) is 8.40. The Morgan fingerprint density at radius 2 is 2.32 bits per heavy atom. The van der Waals surface area contributed by atoms with E-state index in [1.165, 1.54) is 11.0 Å². The average Bonchev–Trinajstić information content (AvgIpc) is 3.26. The molecule has 0 saturated carbocycles. The van der Waals surface area contributed by atoms with Crippen LogP contribution < -0.4 is 5.73 Å². The number of carbonyl (C=O) groups is 3. The van der Waals surface area contributed by atoms with Gasteiger partial charge in [-0.1, -0.05) is 19.8 Å². The first-order chi connectivity index (χ1) is 12.0. The number of amides is 3. The van der Waals surface area contributed by atoms with Crippen molar-refractivity contribution in [3.63, 3.8) is 0 Å². The van der Waals surface area contributed by atoms with Gasteiger partial charge in [-0.15, -0.1) is 5.10 Å². The highest BCUT2D eigenvalue weighted by molar-refractivity contribution is 5.90. The average molecular weight is 352 g/mol. The van der Waals surface area contributed by atoms with Gasteiger partial charge in [-0.3, -0.25) is 19.6 Å². The number of hydrogen-bond donors (Lipinski definition) is 2. The van der Waals surface area contributed by atoms with Crippen molar-refractivity contribution in [1.29, 1.82) is 0 Å². The zero-order valence-corrected chi connectivity index (χ0v) is 14.2. The molecule has 3 amide bonds. The van der Waals surface area contributed by atoms with Crippen LogP contribution in [-0.2, 0) is 9.59 Å². The van der Waals surface area contributed by atoms with Crippen molar-refractivity contribution < 1.29 is 19.6 Å². The largest absolute Gasteiger partial charge is 0.364 e. The molecule has 1 saturated heterocycles. The summed E-state index contributed by atoms with van der Waals surface area (Å²) in [6.07, 6.45) is 4.91. The van der Waals surface area contributed by atoms with E-state index < -0.39 is 18.0 Å². The van der Waals surface area contributed by atoms with Crippen molar-refractivity contribution in [3.05, 3.63) is 11.9 Å². The molecule has 0 bridgehead atoms. The van der Waals surface area contributed by atoms with E-state index in [-0.39, 0.29) is 18.1 Å². The molecular formula is C15H24N6O4. The zero-order valence-electron chi connectivity index (χ0n) is 14.2. The highest BCUT2D eigenvalue weighted by atomic mass is 16.5. The summed E-state index contributed by atoms with van der Waals surface area (Å²) in [5.41, 5.74) is 5.24. The lowest BCUT2D eigenvalue weighted by molar-refractivity contribution is -0.157. The summed E-state index contributed by atoms with van der Waals surface area (Å²) in [7, 11) is 0. The first kappa shape index (κ1) is 18.8. The Balaban J connectivity index is 2.15. The summed E-state index contributed by atoms with van der Waals surface area (Å²) in [5, 5.41) is 18.1. The minimum Gasteiger partial charge on any atom is -0.364 e. The fourth-order valence-corrected chi connectivity index (χ4v) is 3.03. The number of likely N-dealkylation sites (tertiary alicyclic amines) is 1. The Morgan fingerprint density at radius 3 is 2.92 bits per heavy atom. The van der Waals surface area contributed by atoms with E-state index in [9.17, 15) is 19.6 Å². The van der Waals surface area contributed by atoms with Crippen molar-refractivity contribution in [2.75, 3.05) is 13.1 Å². The molecule has 10 nitrogen and oxygen atoms in total. The van der Waals surface area contributed by atoms with E-state index in [0.717, 1.165) is 19.3 Å². The molecule has 1 aromatic rings. The number of carbonyl (C=O) groups excluding carboxylic acids is 3. The molecule has 3 N–H and O–H groups in total. The van der Waals surface area contributed by atoms with Gasteiger partial charge in [-0.05, 0) is 19.3 Å². The molecule has 2 rings (SSSR count). The molecular weight excluding hydrogens is 328 g/mol. The minimum absolute atomic E-state index is 0.0457. The van der Waals surface area contributed by atoms with Gasteiger partial charge in [0.25, 0.3) is 5.91 Å². The quantitative estimate of drug-likeness (QED) is 0.369. The summed E-state index contributed by atoms with van der Waals surface area (Å²) in [4.78, 5) is 37.8. The third-order valence-corrected chi connectivity index (χ3v) is 4.32. The Kier molecular flexibility index (Phi) is 6.45. The maximum absolute atomic E-state index is 12.9. The Hall–Kier alpha value is -2.49. The molecule has 25 heavy (non-hydrogen) atoms. The van der Waals surface area contributed by atoms with E-state index in [0.29, 0.717) is 30.9 Å². The van der Waals surface area contributed by atoms with E-state index in [1.807, 2.05) is 6.92 Å². The van der Waals surface area contributed by atoms with Gasteiger partial charge < -0.3 is 10.6 Å². The van der Waals surface area contributed by atoms with Gasteiger partial charge in [0.05, 0.1) is 18.7 Å². The van der Waals surface area contributed by atoms with Gasteiger partial charge in [0.15, 0.2) is 5.69 Å². The smallest absolute Gasteiger partial charge is 0.270 e. The summed E-state index contributed by atoms with van der Waals surface area (Å²) >= 11 is 0. The molecule has 1 aliphatic heterocycles. The van der Waals surface area contributed by atoms with Crippen molar-refractivity contribution in [1.82, 2.24) is 25.0 Å². The number of aromatic nitrogens is 3. The molecule has 1 aliphatic rings. The number of primary amides is 1. The summed E-state index contributed by atoms with van der Waals surface area (Å²) in [5.74, 6) is -1.33. The van der Waals surface area contributed by atoms with E-state index in [2.05, 4.69) is 10.2 Å². The zero-order chi connectivity index (χ0) is 18.4. The van der Waals surface area contributed by atoms with E-state index in [1.54, 1.807) is 4.90 Å². The predicted molar refractivity (Wildman–Crippen MR) is 86.1 cm³/mol. The molecule has 0 aliphatic carbocycles. The molecule has 0 radical (unpaired) electrons. The highest BCUT2D eigenvalue weighted by Crippen LogP contribution is 2.28. The number of rotatable bonds is 9. The standard InChI is InChI=1S/C15H24N6O4/c1-2-3-5-11(9-19(25)10-22)15(24)20-7-4-6-13(20)21-17-8-12(18-21)14(16)23/h8,10-11,13,25H,2-7,9H2,1H3,(H2,16,23)/t11-,13+/m1/s1. The topological polar surface area (TPSA) is 135 Å². The number of unbranched alkanes of at least 4 members (excludes halogenated alkanes) is 1. The van der Waals surface area contributed by atoms with Crippen molar-refractivity contribution in [2.24, 2.45) is 11.7 Å². The SMILES string of the molecule is CCCC[C@H](CN(O)C=O)C(=O)N1CCC[C@@H]1n1ncc(C(N)=O)n1. The minimum atomic E-state index is -0.676. The summed E-state index contributed by atoms with van der Waals surface area (Å²) in [6.45, 7) is 2.49. The van der Waals surface area contributed by atoms with Gasteiger partial charge in [-0.2, -0.15) is 9.90 Å². The molecule has 1 aromatic heterocycles. The van der Waals surface area contributed by atoms with Gasteiger partial charge in [0.2, 0.25) is 12.3 Å². The Labute approximate surface area is 145 Å². The van der Waals surface area contributed by atoms with Gasteiger partial charge in [-0.25, -0.2) is 5.06 Å². The second kappa shape index (κ2) is 8.56. The summed E-state index contributed by atoms with van der Waals surface area (Å²) in [6, 6.07) is 0. The van der Waals surface area contributed by atoms with E-state index >= 15 is 0 Å². The number of hydrogen-bond acceptors (Lipinski definition) is 6. The fourth-order valence-electron chi connectivity index (χ4n) is 3.03. The maximum Gasteiger partial charge on any atom is 0.270 e. The van der Waals surface area contributed by atoms with Crippen LogP contribution in [0.2, 0.25) is 0 Å². The molecule has 10 heteroatoms. The second-order valence-electron chi connectivity index (χ2n) is 6.14. The second-order valence-corrected chi connectivity index (χ2v) is 6.14. The normalized spacial score (nSPS) is 18.2. The number of nitrogens with two attached hydrogens (primary N) is 1. The Bertz CT molecular complexity index is 619. The van der Waals surface area contributed by atoms with Crippen molar-refractivity contribution in [3.8, 4) is 0 Å². The van der Waals surface area contributed by atoms with Crippen molar-refractivity contribution >= 4 is 18.2 Å².